The molecule has 4 nitrogen and oxygen atoms in total. The Morgan fingerprint density at radius 1 is 0.957 bits per heavy atom. The lowest BCUT2D eigenvalue weighted by Gasteiger charge is -2.07. The van der Waals surface area contributed by atoms with Crippen molar-refractivity contribution < 1.29 is 18.7 Å². The lowest BCUT2D eigenvalue weighted by atomic mass is 10.1. The Labute approximate surface area is 134 Å². The second-order valence-corrected chi connectivity index (χ2v) is 5.05. The normalized spacial score (nSPS) is 10.1. The van der Waals surface area contributed by atoms with Crippen molar-refractivity contribution in [3.8, 4) is 0 Å². The van der Waals surface area contributed by atoms with Gasteiger partial charge in [0, 0.05) is 6.54 Å². The van der Waals surface area contributed by atoms with Crippen molar-refractivity contribution in [3.63, 3.8) is 0 Å². The van der Waals surface area contributed by atoms with E-state index in [-0.39, 0.29) is 37.7 Å². The fourth-order valence-corrected chi connectivity index (χ4v) is 1.96. The molecule has 2 rings (SSSR count). The maximum absolute atomic E-state index is 12.7. The van der Waals surface area contributed by atoms with Crippen molar-refractivity contribution in [3.05, 3.63) is 71.5 Å². The van der Waals surface area contributed by atoms with Gasteiger partial charge in [0.2, 0.25) is 5.91 Å². The predicted molar refractivity (Wildman–Crippen MR) is 84.0 cm³/mol. The van der Waals surface area contributed by atoms with Gasteiger partial charge in [0.05, 0.1) is 12.8 Å². The number of amides is 1. The SMILES string of the molecule is O=C(Cc1ccccc1)NCCC(=O)OCc1ccc(F)cc1. The lowest BCUT2D eigenvalue weighted by molar-refractivity contribution is -0.144. The third kappa shape index (κ3) is 6.30. The Morgan fingerprint density at radius 2 is 1.65 bits per heavy atom. The molecule has 1 N–H and O–H groups in total. The van der Waals surface area contributed by atoms with Crippen molar-refractivity contribution in [2.24, 2.45) is 0 Å². The summed E-state index contributed by atoms with van der Waals surface area (Å²) in [5.74, 6) is -0.877. The molecule has 0 bridgehead atoms. The van der Waals surface area contributed by atoms with E-state index >= 15 is 0 Å². The molecule has 2 aromatic rings. The van der Waals surface area contributed by atoms with Crippen LogP contribution in [0.2, 0.25) is 0 Å². The zero-order chi connectivity index (χ0) is 16.5. The van der Waals surface area contributed by atoms with Crippen LogP contribution in [0, 0.1) is 5.82 Å². The number of hydrogen-bond acceptors (Lipinski definition) is 3. The molecule has 0 aliphatic carbocycles. The Balaban J connectivity index is 1.62. The van der Waals surface area contributed by atoms with Crippen LogP contribution in [-0.4, -0.2) is 18.4 Å². The molecule has 0 radical (unpaired) electrons. The highest BCUT2D eigenvalue weighted by molar-refractivity contribution is 5.79. The van der Waals surface area contributed by atoms with Crippen molar-refractivity contribution in [2.75, 3.05) is 6.54 Å². The number of benzene rings is 2. The maximum atomic E-state index is 12.7. The number of esters is 1. The van der Waals surface area contributed by atoms with Gasteiger partial charge in [-0.05, 0) is 23.3 Å². The van der Waals surface area contributed by atoms with Gasteiger partial charge in [0.25, 0.3) is 0 Å². The van der Waals surface area contributed by atoms with Crippen molar-refractivity contribution >= 4 is 11.9 Å². The monoisotopic (exact) mass is 315 g/mol. The summed E-state index contributed by atoms with van der Waals surface area (Å²) in [7, 11) is 0. The molecule has 0 unspecified atom stereocenters. The van der Waals surface area contributed by atoms with E-state index in [1.165, 1.54) is 12.1 Å². The van der Waals surface area contributed by atoms with Crippen LogP contribution in [0.25, 0.3) is 0 Å². The first-order valence-electron chi connectivity index (χ1n) is 7.34. The summed E-state index contributed by atoms with van der Waals surface area (Å²) < 4.78 is 17.8. The Bertz CT molecular complexity index is 641. The Morgan fingerprint density at radius 3 is 2.35 bits per heavy atom. The fourth-order valence-electron chi connectivity index (χ4n) is 1.96. The number of nitrogens with one attached hydrogen (secondary N) is 1. The van der Waals surface area contributed by atoms with E-state index in [4.69, 9.17) is 4.74 Å². The van der Waals surface area contributed by atoms with Gasteiger partial charge in [-0.2, -0.15) is 0 Å². The number of ether oxygens (including phenoxy) is 1. The molecule has 1 amide bonds. The Hall–Kier alpha value is -2.69. The molecule has 0 aromatic heterocycles. The number of carbonyl (C=O) groups excluding carboxylic acids is 2. The minimum Gasteiger partial charge on any atom is -0.461 e. The van der Waals surface area contributed by atoms with E-state index in [1.54, 1.807) is 12.1 Å². The number of carbonyl (C=O) groups is 2. The van der Waals surface area contributed by atoms with Gasteiger partial charge < -0.3 is 10.1 Å². The molecule has 0 atom stereocenters. The van der Waals surface area contributed by atoms with Gasteiger partial charge >= 0.3 is 5.97 Å². The van der Waals surface area contributed by atoms with E-state index < -0.39 is 5.97 Å². The molecule has 2 aromatic carbocycles. The molecule has 5 heteroatoms. The van der Waals surface area contributed by atoms with Gasteiger partial charge in [0.1, 0.15) is 12.4 Å². The van der Waals surface area contributed by atoms with Crippen LogP contribution in [0.15, 0.2) is 54.6 Å². The van der Waals surface area contributed by atoms with Gasteiger partial charge in [0.15, 0.2) is 0 Å². The lowest BCUT2D eigenvalue weighted by Crippen LogP contribution is -2.27. The molecule has 0 spiro atoms. The Kier molecular flexibility index (Phi) is 6.29. The van der Waals surface area contributed by atoms with Gasteiger partial charge in [-0.1, -0.05) is 42.5 Å². The fraction of sp³-hybridized carbons (Fsp3) is 0.222. The summed E-state index contributed by atoms with van der Waals surface area (Å²) in [5, 5.41) is 2.68. The van der Waals surface area contributed by atoms with Gasteiger partial charge in [-0.15, -0.1) is 0 Å². The summed E-state index contributed by atoms with van der Waals surface area (Å²) >= 11 is 0. The first-order chi connectivity index (χ1) is 11.1. The quantitative estimate of drug-likeness (QED) is 0.799. The molecular weight excluding hydrogens is 297 g/mol. The van der Waals surface area contributed by atoms with Gasteiger partial charge in [-0.3, -0.25) is 9.59 Å². The smallest absolute Gasteiger partial charge is 0.307 e. The van der Waals surface area contributed by atoms with E-state index in [9.17, 15) is 14.0 Å². The molecule has 0 aliphatic rings. The summed E-state index contributed by atoms with van der Waals surface area (Å²) in [4.78, 5) is 23.3. The van der Waals surface area contributed by atoms with Crippen LogP contribution in [0.5, 0.6) is 0 Å². The van der Waals surface area contributed by atoms with E-state index in [0.29, 0.717) is 5.56 Å². The highest BCUT2D eigenvalue weighted by atomic mass is 19.1. The highest BCUT2D eigenvalue weighted by Crippen LogP contribution is 2.05. The van der Waals surface area contributed by atoms with Crippen LogP contribution in [0.1, 0.15) is 17.5 Å². The van der Waals surface area contributed by atoms with E-state index in [0.717, 1.165) is 5.56 Å². The molecule has 0 heterocycles. The summed E-state index contributed by atoms with van der Waals surface area (Å²) in [6, 6.07) is 15.1. The van der Waals surface area contributed by atoms with Crippen LogP contribution >= 0.6 is 0 Å². The van der Waals surface area contributed by atoms with Crippen LogP contribution in [0.3, 0.4) is 0 Å². The first kappa shape index (κ1) is 16.7. The first-order valence-corrected chi connectivity index (χ1v) is 7.34. The molecule has 0 aliphatic heterocycles. The van der Waals surface area contributed by atoms with E-state index in [2.05, 4.69) is 5.32 Å². The second-order valence-electron chi connectivity index (χ2n) is 5.05. The van der Waals surface area contributed by atoms with E-state index in [1.807, 2.05) is 30.3 Å². The van der Waals surface area contributed by atoms with Crippen LogP contribution in [-0.2, 0) is 27.4 Å². The van der Waals surface area contributed by atoms with Crippen molar-refractivity contribution in [2.45, 2.75) is 19.4 Å². The minimum atomic E-state index is -0.408. The molecule has 0 saturated heterocycles. The van der Waals surface area contributed by atoms with Crippen molar-refractivity contribution in [1.82, 2.24) is 5.32 Å². The van der Waals surface area contributed by atoms with Crippen molar-refractivity contribution in [1.29, 1.82) is 0 Å². The second kappa shape index (κ2) is 8.68. The largest absolute Gasteiger partial charge is 0.461 e. The number of halogens is 1. The molecule has 23 heavy (non-hydrogen) atoms. The number of rotatable bonds is 7. The average Bonchev–Trinajstić information content (AvgIpc) is 2.55. The summed E-state index contributed by atoms with van der Waals surface area (Å²) in [6.45, 7) is 0.324. The summed E-state index contributed by atoms with van der Waals surface area (Å²) in [5.41, 5.74) is 1.64. The molecule has 0 fully saturated rings. The zero-order valence-electron chi connectivity index (χ0n) is 12.6. The predicted octanol–water partition coefficient (Wildman–Crippen LogP) is 2.62. The molecular formula is C18H18FNO3. The maximum Gasteiger partial charge on any atom is 0.307 e. The van der Waals surface area contributed by atoms with Crippen LogP contribution in [0.4, 0.5) is 4.39 Å². The third-order valence-corrected chi connectivity index (χ3v) is 3.17. The standard InChI is InChI=1S/C18H18FNO3/c19-16-8-6-15(7-9-16)13-23-18(22)10-11-20-17(21)12-14-4-2-1-3-5-14/h1-9H,10-13H2,(H,20,21). The minimum absolute atomic E-state index is 0.0943. The summed E-state index contributed by atoms with van der Waals surface area (Å²) in [6.07, 6.45) is 0.382. The molecule has 0 saturated carbocycles. The average molecular weight is 315 g/mol. The highest BCUT2D eigenvalue weighted by Gasteiger charge is 2.06. The molecule has 120 valence electrons. The number of hydrogen-bond donors (Lipinski definition) is 1. The zero-order valence-corrected chi connectivity index (χ0v) is 12.6. The van der Waals surface area contributed by atoms with Gasteiger partial charge in [-0.25, -0.2) is 4.39 Å². The topological polar surface area (TPSA) is 55.4 Å². The van der Waals surface area contributed by atoms with Crippen LogP contribution < -0.4 is 5.32 Å². The third-order valence-electron chi connectivity index (χ3n) is 3.17.